The first kappa shape index (κ1) is 13.5. The molecule has 3 nitrogen and oxygen atoms in total. The minimum absolute atomic E-state index is 0.164. The molecule has 0 aromatic heterocycles. The zero-order chi connectivity index (χ0) is 14.4. The molecule has 3 aliphatic rings. The summed E-state index contributed by atoms with van der Waals surface area (Å²) in [7, 11) is 0. The van der Waals surface area contributed by atoms with E-state index in [1.165, 1.54) is 11.8 Å². The lowest BCUT2D eigenvalue weighted by molar-refractivity contribution is -0.111. The summed E-state index contributed by atoms with van der Waals surface area (Å²) in [5.41, 5.74) is 1.09. The van der Waals surface area contributed by atoms with Gasteiger partial charge in [-0.05, 0) is 24.3 Å². The Morgan fingerprint density at radius 2 is 1.71 bits per heavy atom. The molecule has 0 N–H and O–H groups in total. The zero-order valence-corrected chi connectivity index (χ0v) is 13.0. The summed E-state index contributed by atoms with van der Waals surface area (Å²) in [6.07, 6.45) is 2.01. The quantitative estimate of drug-likeness (QED) is 0.688. The van der Waals surface area contributed by atoms with Gasteiger partial charge in [0.2, 0.25) is 11.6 Å². The highest BCUT2D eigenvalue weighted by Crippen LogP contribution is 2.47. The van der Waals surface area contributed by atoms with Crippen LogP contribution in [0.2, 0.25) is 0 Å². The third-order valence-corrected chi connectivity index (χ3v) is 6.55. The van der Waals surface area contributed by atoms with E-state index in [-0.39, 0.29) is 5.60 Å². The SMILES string of the molecule is O=C1C(=O)c2ccccc2C2=C1SCC1(CCSCC1)O2. The first-order valence-electron chi connectivity index (χ1n) is 7.02. The third kappa shape index (κ3) is 2.06. The van der Waals surface area contributed by atoms with Crippen LogP contribution < -0.4 is 0 Å². The number of hydrogen-bond acceptors (Lipinski definition) is 5. The Bertz CT molecular complexity index is 672. The second kappa shape index (κ2) is 4.92. The van der Waals surface area contributed by atoms with Gasteiger partial charge in [0.05, 0.1) is 0 Å². The first-order valence-corrected chi connectivity index (χ1v) is 9.16. The topological polar surface area (TPSA) is 43.4 Å². The van der Waals surface area contributed by atoms with E-state index in [9.17, 15) is 9.59 Å². The number of hydrogen-bond donors (Lipinski definition) is 0. The molecular formula is C16H14O3S2. The van der Waals surface area contributed by atoms with Crippen LogP contribution in [0.3, 0.4) is 0 Å². The van der Waals surface area contributed by atoms with Gasteiger partial charge < -0.3 is 4.74 Å². The minimum atomic E-state index is -0.409. The van der Waals surface area contributed by atoms with Crippen molar-refractivity contribution in [3.05, 3.63) is 40.3 Å². The van der Waals surface area contributed by atoms with Crippen molar-refractivity contribution in [2.24, 2.45) is 0 Å². The van der Waals surface area contributed by atoms with Crippen LogP contribution in [-0.4, -0.2) is 34.4 Å². The molecule has 1 saturated heterocycles. The number of ether oxygens (including phenoxy) is 1. The van der Waals surface area contributed by atoms with Gasteiger partial charge in [-0.1, -0.05) is 24.3 Å². The maximum absolute atomic E-state index is 12.3. The van der Waals surface area contributed by atoms with Gasteiger partial charge in [0, 0.05) is 16.9 Å². The van der Waals surface area contributed by atoms with Crippen molar-refractivity contribution in [3.8, 4) is 0 Å². The highest BCUT2D eigenvalue weighted by atomic mass is 32.2. The number of ketones is 2. The molecule has 0 radical (unpaired) electrons. The van der Waals surface area contributed by atoms with Crippen molar-refractivity contribution >= 4 is 40.8 Å². The summed E-state index contributed by atoms with van der Waals surface area (Å²) in [6, 6.07) is 7.27. The Kier molecular flexibility index (Phi) is 3.15. The van der Waals surface area contributed by atoms with Crippen LogP contribution in [0.4, 0.5) is 0 Å². The highest BCUT2D eigenvalue weighted by Gasteiger charge is 2.44. The number of Topliss-reactive ketones (excluding diaryl/α,β-unsaturated/α-hetero) is 2. The second-order valence-electron chi connectivity index (χ2n) is 5.55. The van der Waals surface area contributed by atoms with Crippen LogP contribution in [0.5, 0.6) is 0 Å². The molecule has 0 unspecified atom stereocenters. The predicted molar refractivity (Wildman–Crippen MR) is 85.5 cm³/mol. The number of benzene rings is 1. The molecule has 0 bridgehead atoms. The zero-order valence-electron chi connectivity index (χ0n) is 11.4. The molecule has 2 aliphatic heterocycles. The third-order valence-electron chi connectivity index (χ3n) is 4.24. The maximum Gasteiger partial charge on any atom is 0.243 e. The molecule has 1 aromatic rings. The molecule has 0 saturated carbocycles. The summed E-state index contributed by atoms with van der Waals surface area (Å²) < 4.78 is 6.34. The van der Waals surface area contributed by atoms with Gasteiger partial charge in [-0.3, -0.25) is 9.59 Å². The first-order chi connectivity index (χ1) is 10.2. The molecule has 4 rings (SSSR count). The monoisotopic (exact) mass is 318 g/mol. The van der Waals surface area contributed by atoms with Crippen LogP contribution in [0.25, 0.3) is 5.76 Å². The number of fused-ring (bicyclic) bond motifs is 2. The molecule has 1 aliphatic carbocycles. The molecule has 5 heteroatoms. The Hall–Kier alpha value is -1.20. The lowest BCUT2D eigenvalue weighted by Gasteiger charge is -2.42. The van der Waals surface area contributed by atoms with Crippen molar-refractivity contribution in [2.45, 2.75) is 18.4 Å². The van der Waals surface area contributed by atoms with Gasteiger partial charge in [0.25, 0.3) is 0 Å². The number of carbonyl (C=O) groups excluding carboxylic acids is 2. The predicted octanol–water partition coefficient (Wildman–Crippen LogP) is 3.15. The Morgan fingerprint density at radius 3 is 2.48 bits per heavy atom. The Balaban J connectivity index is 1.81. The standard InChI is InChI=1S/C16H14O3S2/c17-12-10-3-1-2-4-11(10)14-15(13(12)18)21-9-16(19-14)5-7-20-8-6-16/h1-4H,5-9H2. The van der Waals surface area contributed by atoms with Gasteiger partial charge in [0.15, 0.2) is 0 Å². The molecule has 0 atom stereocenters. The number of rotatable bonds is 0. The van der Waals surface area contributed by atoms with Gasteiger partial charge >= 0.3 is 0 Å². The van der Waals surface area contributed by atoms with Gasteiger partial charge in [-0.2, -0.15) is 11.8 Å². The number of thioether (sulfide) groups is 2. The van der Waals surface area contributed by atoms with Gasteiger partial charge in [0.1, 0.15) is 16.3 Å². The fourth-order valence-electron chi connectivity index (χ4n) is 3.00. The maximum atomic E-state index is 12.3. The van der Waals surface area contributed by atoms with E-state index in [1.54, 1.807) is 12.1 Å². The van der Waals surface area contributed by atoms with E-state index in [0.717, 1.165) is 35.7 Å². The average molecular weight is 318 g/mol. The molecule has 1 aromatic carbocycles. The smallest absolute Gasteiger partial charge is 0.243 e. The molecular weight excluding hydrogens is 304 g/mol. The molecule has 0 amide bonds. The number of carbonyl (C=O) groups is 2. The van der Waals surface area contributed by atoms with E-state index < -0.39 is 11.6 Å². The van der Waals surface area contributed by atoms with Crippen LogP contribution in [0.15, 0.2) is 29.2 Å². The molecule has 21 heavy (non-hydrogen) atoms. The van der Waals surface area contributed by atoms with Crippen molar-refractivity contribution < 1.29 is 14.3 Å². The van der Waals surface area contributed by atoms with Crippen molar-refractivity contribution in [1.29, 1.82) is 0 Å². The Labute approximate surface area is 131 Å². The van der Waals surface area contributed by atoms with Crippen molar-refractivity contribution in [2.75, 3.05) is 17.3 Å². The summed E-state index contributed by atoms with van der Waals surface area (Å²) >= 11 is 3.45. The largest absolute Gasteiger partial charge is 0.484 e. The van der Waals surface area contributed by atoms with Crippen LogP contribution in [0, 0.1) is 0 Å². The van der Waals surface area contributed by atoms with Gasteiger partial charge in [-0.25, -0.2) is 0 Å². The number of allylic oxidation sites excluding steroid dienone is 1. The van der Waals surface area contributed by atoms with E-state index >= 15 is 0 Å². The van der Waals surface area contributed by atoms with E-state index in [0.29, 0.717) is 16.2 Å². The minimum Gasteiger partial charge on any atom is -0.484 e. The fourth-order valence-corrected chi connectivity index (χ4v) is 5.50. The molecule has 1 spiro atoms. The van der Waals surface area contributed by atoms with Crippen molar-refractivity contribution in [3.63, 3.8) is 0 Å². The second-order valence-corrected chi connectivity index (χ2v) is 7.76. The molecule has 1 fully saturated rings. The van der Waals surface area contributed by atoms with E-state index in [1.807, 2.05) is 23.9 Å². The van der Waals surface area contributed by atoms with Gasteiger partial charge in [-0.15, -0.1) is 11.8 Å². The fraction of sp³-hybridized carbons (Fsp3) is 0.375. The normalized spacial score (nSPS) is 23.6. The Morgan fingerprint density at radius 1 is 1.00 bits per heavy atom. The lowest BCUT2D eigenvalue weighted by Crippen LogP contribution is -2.43. The average Bonchev–Trinajstić information content (AvgIpc) is 2.53. The molecule has 108 valence electrons. The summed E-state index contributed by atoms with van der Waals surface area (Å²) in [4.78, 5) is 25.0. The summed E-state index contributed by atoms with van der Waals surface area (Å²) in [5.74, 6) is 2.78. The highest BCUT2D eigenvalue weighted by molar-refractivity contribution is 8.04. The molecule has 2 heterocycles. The van der Waals surface area contributed by atoms with E-state index in [2.05, 4.69) is 0 Å². The van der Waals surface area contributed by atoms with Crippen LogP contribution in [0.1, 0.15) is 28.8 Å². The summed E-state index contributed by atoms with van der Waals surface area (Å²) in [5, 5.41) is 0. The van der Waals surface area contributed by atoms with Crippen LogP contribution in [-0.2, 0) is 9.53 Å². The van der Waals surface area contributed by atoms with Crippen molar-refractivity contribution in [1.82, 2.24) is 0 Å². The summed E-state index contributed by atoms with van der Waals surface area (Å²) in [6.45, 7) is 0. The van der Waals surface area contributed by atoms with E-state index in [4.69, 9.17) is 4.74 Å². The lowest BCUT2D eigenvalue weighted by atomic mass is 9.92. The van der Waals surface area contributed by atoms with Crippen LogP contribution >= 0.6 is 23.5 Å².